The van der Waals surface area contributed by atoms with Gasteiger partial charge < -0.3 is 14.7 Å². The molecule has 2 aromatic carbocycles. The van der Waals surface area contributed by atoms with Crippen LogP contribution >= 0.6 is 22.6 Å². The van der Waals surface area contributed by atoms with E-state index in [1.54, 1.807) is 0 Å². The highest BCUT2D eigenvalue weighted by Crippen LogP contribution is 2.27. The molecule has 1 fully saturated rings. The largest absolute Gasteiger partial charge is 0.491 e. The first-order chi connectivity index (χ1) is 12.5. The Balaban J connectivity index is 1.56. The van der Waals surface area contributed by atoms with Crippen molar-refractivity contribution in [1.82, 2.24) is 4.90 Å². The number of benzene rings is 2. The van der Waals surface area contributed by atoms with Crippen LogP contribution in [0, 0.1) is 3.57 Å². The normalized spacial score (nSPS) is 18.1. The van der Waals surface area contributed by atoms with E-state index >= 15 is 0 Å². The van der Waals surface area contributed by atoms with Crippen molar-refractivity contribution in [2.24, 2.45) is 0 Å². The lowest BCUT2D eigenvalue weighted by Crippen LogP contribution is -2.45. The highest BCUT2D eigenvalue weighted by Gasteiger charge is 2.25. The van der Waals surface area contributed by atoms with Crippen LogP contribution in [0.5, 0.6) is 5.75 Å². The van der Waals surface area contributed by atoms with Gasteiger partial charge in [0.05, 0.1) is 0 Å². The zero-order valence-electron chi connectivity index (χ0n) is 15.5. The maximum Gasteiger partial charge on any atom is 0.119 e. The summed E-state index contributed by atoms with van der Waals surface area (Å²) >= 11 is 2.36. The number of β-amino-alcohol motifs (C(OH)–C–C–N with tert-alkyl or cyclic N) is 1. The number of rotatable bonds is 6. The molecule has 0 radical (unpaired) electrons. The van der Waals surface area contributed by atoms with E-state index in [1.165, 1.54) is 40.4 Å². The van der Waals surface area contributed by atoms with Crippen molar-refractivity contribution in [3.8, 4) is 16.9 Å². The molecule has 4 heteroatoms. The second kappa shape index (κ2) is 9.20. The van der Waals surface area contributed by atoms with Gasteiger partial charge in [0.25, 0.3) is 0 Å². The van der Waals surface area contributed by atoms with E-state index in [0.29, 0.717) is 13.2 Å². The van der Waals surface area contributed by atoms with Crippen LogP contribution in [0.3, 0.4) is 0 Å². The van der Waals surface area contributed by atoms with Gasteiger partial charge in [0.2, 0.25) is 0 Å². The van der Waals surface area contributed by atoms with Crippen LogP contribution in [0.1, 0.15) is 32.6 Å². The summed E-state index contributed by atoms with van der Waals surface area (Å²) in [6.07, 6.45) is 5.08. The van der Waals surface area contributed by atoms with E-state index in [0.717, 1.165) is 18.8 Å². The van der Waals surface area contributed by atoms with Crippen LogP contribution in [0.25, 0.3) is 11.1 Å². The molecule has 0 aliphatic carbocycles. The quantitative estimate of drug-likeness (QED) is 0.612. The van der Waals surface area contributed by atoms with Crippen molar-refractivity contribution >= 4 is 22.6 Å². The minimum Gasteiger partial charge on any atom is -0.491 e. The van der Waals surface area contributed by atoms with Gasteiger partial charge in [-0.05, 0) is 84.8 Å². The Hall–Kier alpha value is -1.11. The maximum absolute atomic E-state index is 10.7. The van der Waals surface area contributed by atoms with Crippen LogP contribution in [-0.2, 0) is 0 Å². The van der Waals surface area contributed by atoms with Crippen LogP contribution in [0.2, 0.25) is 0 Å². The molecule has 0 bridgehead atoms. The molecule has 3 rings (SSSR count). The van der Waals surface area contributed by atoms with E-state index in [2.05, 4.69) is 63.9 Å². The van der Waals surface area contributed by atoms with E-state index in [-0.39, 0.29) is 0 Å². The molecular formula is C22H28INO2. The lowest BCUT2D eigenvalue weighted by molar-refractivity contribution is -0.0168. The second-order valence-electron chi connectivity index (χ2n) is 7.48. The Bertz CT molecular complexity index is 692. The summed E-state index contributed by atoms with van der Waals surface area (Å²) in [7, 11) is 0. The van der Waals surface area contributed by atoms with Gasteiger partial charge >= 0.3 is 0 Å². The average Bonchev–Trinajstić information content (AvgIpc) is 2.89. The Morgan fingerprint density at radius 3 is 2.31 bits per heavy atom. The Morgan fingerprint density at radius 2 is 1.65 bits per heavy atom. The van der Waals surface area contributed by atoms with Gasteiger partial charge in [0.1, 0.15) is 18.0 Å². The Labute approximate surface area is 170 Å². The molecule has 26 heavy (non-hydrogen) atoms. The van der Waals surface area contributed by atoms with Crippen molar-refractivity contribution in [2.45, 2.75) is 38.2 Å². The molecule has 1 atom stereocenters. The SMILES string of the molecule is CC(O)(COc1ccc(-c2ccccc2I)cc1)CN1CCCCCC1. The highest BCUT2D eigenvalue weighted by atomic mass is 127. The molecule has 1 aliphatic heterocycles. The van der Waals surface area contributed by atoms with Gasteiger partial charge in [-0.15, -0.1) is 0 Å². The number of hydrogen-bond donors (Lipinski definition) is 1. The summed E-state index contributed by atoms with van der Waals surface area (Å²) in [6, 6.07) is 16.5. The van der Waals surface area contributed by atoms with Crippen LogP contribution in [0.15, 0.2) is 48.5 Å². The second-order valence-corrected chi connectivity index (χ2v) is 8.64. The Kier molecular flexibility index (Phi) is 6.95. The zero-order valence-corrected chi connectivity index (χ0v) is 17.6. The summed E-state index contributed by atoms with van der Waals surface area (Å²) < 4.78 is 7.12. The molecule has 3 nitrogen and oxygen atoms in total. The molecule has 1 N–H and O–H groups in total. The first-order valence-electron chi connectivity index (χ1n) is 9.46. The standard InChI is InChI=1S/C22H28INO2/c1-22(25,16-24-14-6-2-3-7-15-24)17-26-19-12-10-18(11-13-19)20-8-4-5-9-21(20)23/h4-5,8-13,25H,2-3,6-7,14-17H2,1H3. The lowest BCUT2D eigenvalue weighted by Gasteiger charge is -2.30. The molecular weight excluding hydrogens is 437 g/mol. The smallest absolute Gasteiger partial charge is 0.119 e. The topological polar surface area (TPSA) is 32.7 Å². The number of halogens is 1. The third-order valence-electron chi connectivity index (χ3n) is 4.85. The summed E-state index contributed by atoms with van der Waals surface area (Å²) in [5.41, 5.74) is 1.57. The number of hydrogen-bond acceptors (Lipinski definition) is 3. The molecule has 1 heterocycles. The van der Waals surface area contributed by atoms with E-state index in [1.807, 2.05) is 19.1 Å². The summed E-state index contributed by atoms with van der Waals surface area (Å²) in [6.45, 7) is 5.03. The molecule has 0 amide bonds. The summed E-state index contributed by atoms with van der Waals surface area (Å²) in [4.78, 5) is 2.37. The van der Waals surface area contributed by atoms with E-state index in [9.17, 15) is 5.11 Å². The molecule has 1 unspecified atom stereocenters. The van der Waals surface area contributed by atoms with Crippen molar-refractivity contribution in [3.63, 3.8) is 0 Å². The first kappa shape index (κ1) is 19.6. The molecule has 1 aliphatic rings. The number of likely N-dealkylation sites (tertiary alicyclic amines) is 1. The molecule has 1 saturated heterocycles. The van der Waals surface area contributed by atoms with Gasteiger partial charge in [0, 0.05) is 10.1 Å². The molecule has 0 aromatic heterocycles. The third kappa shape index (κ3) is 5.69. The first-order valence-corrected chi connectivity index (χ1v) is 10.5. The van der Waals surface area contributed by atoms with Gasteiger partial charge in [-0.3, -0.25) is 0 Å². The molecule has 140 valence electrons. The minimum absolute atomic E-state index is 0.311. The fourth-order valence-corrected chi connectivity index (χ4v) is 4.19. The fraction of sp³-hybridized carbons (Fsp3) is 0.455. The van der Waals surface area contributed by atoms with E-state index in [4.69, 9.17) is 4.74 Å². The fourth-order valence-electron chi connectivity index (χ4n) is 3.49. The van der Waals surface area contributed by atoms with Gasteiger partial charge in [-0.2, -0.15) is 0 Å². The highest BCUT2D eigenvalue weighted by molar-refractivity contribution is 14.1. The monoisotopic (exact) mass is 465 g/mol. The number of aliphatic hydroxyl groups is 1. The minimum atomic E-state index is -0.835. The van der Waals surface area contributed by atoms with Crippen LogP contribution < -0.4 is 4.74 Å². The summed E-state index contributed by atoms with van der Waals surface area (Å²) in [5, 5.41) is 10.7. The maximum atomic E-state index is 10.7. The predicted molar refractivity (Wildman–Crippen MR) is 116 cm³/mol. The lowest BCUT2D eigenvalue weighted by atomic mass is 10.1. The van der Waals surface area contributed by atoms with Gasteiger partial charge in [-0.25, -0.2) is 0 Å². The van der Waals surface area contributed by atoms with E-state index < -0.39 is 5.60 Å². The van der Waals surface area contributed by atoms with Gasteiger partial charge in [-0.1, -0.05) is 43.2 Å². The molecule has 0 saturated carbocycles. The van der Waals surface area contributed by atoms with Crippen LogP contribution in [0.4, 0.5) is 0 Å². The zero-order chi connectivity index (χ0) is 18.4. The summed E-state index contributed by atoms with van der Waals surface area (Å²) in [5.74, 6) is 0.802. The van der Waals surface area contributed by atoms with Gasteiger partial charge in [0.15, 0.2) is 0 Å². The molecule has 2 aromatic rings. The van der Waals surface area contributed by atoms with Crippen molar-refractivity contribution in [1.29, 1.82) is 0 Å². The average molecular weight is 465 g/mol. The van der Waals surface area contributed by atoms with Crippen molar-refractivity contribution in [2.75, 3.05) is 26.2 Å². The number of nitrogens with zero attached hydrogens (tertiary/aromatic N) is 1. The Morgan fingerprint density at radius 1 is 1.00 bits per heavy atom. The molecule has 0 spiro atoms. The van der Waals surface area contributed by atoms with Crippen molar-refractivity contribution < 1.29 is 9.84 Å². The number of ether oxygens (including phenoxy) is 1. The van der Waals surface area contributed by atoms with Crippen LogP contribution in [-0.4, -0.2) is 41.8 Å². The van der Waals surface area contributed by atoms with Crippen molar-refractivity contribution in [3.05, 3.63) is 52.1 Å². The predicted octanol–water partition coefficient (Wildman–Crippen LogP) is 4.96. The third-order valence-corrected chi connectivity index (χ3v) is 5.79.